The topological polar surface area (TPSA) is 12.0 Å². The Kier molecular flexibility index (Phi) is 1.59. The van der Waals surface area contributed by atoms with Crippen molar-refractivity contribution in [3.05, 3.63) is 0 Å². The minimum atomic E-state index is 0.697. The highest BCUT2D eigenvalue weighted by atomic mass is 15.0. The summed E-state index contributed by atoms with van der Waals surface area (Å²) in [5.74, 6) is 0. The summed E-state index contributed by atoms with van der Waals surface area (Å²) in [5.41, 5.74) is 1.49. The molecule has 3 aliphatic carbocycles. The third-order valence-corrected chi connectivity index (χ3v) is 4.67. The Morgan fingerprint density at radius 1 is 1.15 bits per heavy atom. The van der Waals surface area contributed by atoms with Crippen LogP contribution in [0.2, 0.25) is 0 Å². The lowest BCUT2D eigenvalue weighted by Gasteiger charge is -2.12. The molecule has 0 aromatic rings. The zero-order valence-corrected chi connectivity index (χ0v) is 8.73. The Morgan fingerprint density at radius 2 is 1.85 bits per heavy atom. The van der Waals surface area contributed by atoms with Gasteiger partial charge in [0.05, 0.1) is 0 Å². The van der Waals surface area contributed by atoms with Gasteiger partial charge in [-0.15, -0.1) is 0 Å². The Balaban J connectivity index is 1.48. The smallest absolute Gasteiger partial charge is 0.0130 e. The van der Waals surface area contributed by atoms with Crippen LogP contribution < -0.4 is 5.32 Å². The highest BCUT2D eigenvalue weighted by Crippen LogP contribution is 2.58. The summed E-state index contributed by atoms with van der Waals surface area (Å²) in [4.78, 5) is 0. The van der Waals surface area contributed by atoms with Gasteiger partial charge in [0.25, 0.3) is 0 Å². The summed E-state index contributed by atoms with van der Waals surface area (Å²) in [6.45, 7) is 3.71. The second-order valence-corrected chi connectivity index (χ2v) is 6.02. The van der Waals surface area contributed by atoms with Gasteiger partial charge in [-0.05, 0) is 42.9 Å². The lowest BCUT2D eigenvalue weighted by atomic mass is 10.0. The van der Waals surface area contributed by atoms with Gasteiger partial charge in [0.15, 0.2) is 0 Å². The molecule has 1 unspecified atom stereocenters. The molecule has 0 aromatic heterocycles. The van der Waals surface area contributed by atoms with E-state index in [1.807, 2.05) is 0 Å². The summed E-state index contributed by atoms with van der Waals surface area (Å²) < 4.78 is 0. The summed E-state index contributed by atoms with van der Waals surface area (Å²) in [6, 6.07) is 0.910. The van der Waals surface area contributed by atoms with Gasteiger partial charge in [-0.3, -0.25) is 0 Å². The number of nitrogens with one attached hydrogen (secondary N) is 1. The first-order valence-corrected chi connectivity index (χ1v) is 5.96. The standard InChI is InChI=1S/C12H21N/c1-11(6-7-11)9-13-10-8-12(10)4-2-3-5-12/h10,13H,2-9H2,1H3. The summed E-state index contributed by atoms with van der Waals surface area (Å²) in [7, 11) is 0. The van der Waals surface area contributed by atoms with Crippen LogP contribution in [0.4, 0.5) is 0 Å². The van der Waals surface area contributed by atoms with Crippen molar-refractivity contribution < 1.29 is 0 Å². The minimum Gasteiger partial charge on any atom is -0.313 e. The van der Waals surface area contributed by atoms with E-state index in [4.69, 9.17) is 0 Å². The molecular formula is C12H21N. The molecule has 0 aliphatic heterocycles. The maximum absolute atomic E-state index is 3.79. The van der Waals surface area contributed by atoms with E-state index in [1.54, 1.807) is 0 Å². The lowest BCUT2D eigenvalue weighted by Crippen LogP contribution is -2.27. The molecule has 0 bridgehead atoms. The van der Waals surface area contributed by atoms with Gasteiger partial charge in [-0.2, -0.15) is 0 Å². The largest absolute Gasteiger partial charge is 0.313 e. The zero-order valence-electron chi connectivity index (χ0n) is 8.73. The molecule has 3 aliphatic rings. The first-order valence-electron chi connectivity index (χ1n) is 5.96. The van der Waals surface area contributed by atoms with Crippen LogP contribution in [0.25, 0.3) is 0 Å². The normalized spacial score (nSPS) is 38.1. The Bertz CT molecular complexity index is 211. The molecule has 3 saturated carbocycles. The third kappa shape index (κ3) is 1.41. The van der Waals surface area contributed by atoms with E-state index >= 15 is 0 Å². The Hall–Kier alpha value is -0.0400. The van der Waals surface area contributed by atoms with Crippen LogP contribution in [0.15, 0.2) is 0 Å². The summed E-state index contributed by atoms with van der Waals surface area (Å²) >= 11 is 0. The zero-order chi connectivity index (χ0) is 8.94. The molecule has 0 radical (unpaired) electrons. The van der Waals surface area contributed by atoms with Gasteiger partial charge in [-0.25, -0.2) is 0 Å². The highest BCUT2D eigenvalue weighted by molar-refractivity contribution is 5.10. The van der Waals surface area contributed by atoms with Gasteiger partial charge >= 0.3 is 0 Å². The number of rotatable bonds is 3. The van der Waals surface area contributed by atoms with E-state index in [1.165, 1.54) is 51.5 Å². The van der Waals surface area contributed by atoms with Crippen LogP contribution in [0, 0.1) is 10.8 Å². The first-order chi connectivity index (χ1) is 6.23. The molecule has 0 aromatic carbocycles. The molecule has 3 rings (SSSR count). The van der Waals surface area contributed by atoms with E-state index < -0.39 is 0 Å². The maximum Gasteiger partial charge on any atom is 0.0130 e. The van der Waals surface area contributed by atoms with Gasteiger partial charge < -0.3 is 5.32 Å². The summed E-state index contributed by atoms with van der Waals surface area (Å²) in [6.07, 6.45) is 10.4. The van der Waals surface area contributed by atoms with E-state index in [0.717, 1.165) is 11.5 Å². The monoisotopic (exact) mass is 179 g/mol. The van der Waals surface area contributed by atoms with Crippen molar-refractivity contribution in [1.29, 1.82) is 0 Å². The van der Waals surface area contributed by atoms with Crippen LogP contribution in [0.1, 0.15) is 51.9 Å². The molecule has 0 saturated heterocycles. The Labute approximate surface area is 81.3 Å². The molecular weight excluding hydrogens is 158 g/mol. The van der Waals surface area contributed by atoms with E-state index in [2.05, 4.69) is 12.2 Å². The van der Waals surface area contributed by atoms with Gasteiger partial charge in [0.2, 0.25) is 0 Å². The fourth-order valence-electron chi connectivity index (χ4n) is 3.03. The van der Waals surface area contributed by atoms with Crippen molar-refractivity contribution in [3.8, 4) is 0 Å². The van der Waals surface area contributed by atoms with Gasteiger partial charge in [-0.1, -0.05) is 19.8 Å². The van der Waals surface area contributed by atoms with Crippen LogP contribution >= 0.6 is 0 Å². The fraction of sp³-hybridized carbons (Fsp3) is 1.00. The van der Waals surface area contributed by atoms with Crippen molar-refractivity contribution in [2.24, 2.45) is 10.8 Å². The first kappa shape index (κ1) is 8.28. The van der Waals surface area contributed by atoms with Crippen LogP contribution in [0.5, 0.6) is 0 Å². The Morgan fingerprint density at radius 3 is 2.46 bits per heavy atom. The van der Waals surface area contributed by atoms with Crippen molar-refractivity contribution in [2.75, 3.05) is 6.54 Å². The van der Waals surface area contributed by atoms with Crippen molar-refractivity contribution >= 4 is 0 Å². The van der Waals surface area contributed by atoms with Crippen LogP contribution in [0.3, 0.4) is 0 Å². The lowest BCUT2D eigenvalue weighted by molar-refractivity contribution is 0.429. The molecule has 13 heavy (non-hydrogen) atoms. The molecule has 3 fully saturated rings. The quantitative estimate of drug-likeness (QED) is 0.702. The molecule has 1 spiro atoms. The van der Waals surface area contributed by atoms with E-state index in [0.29, 0.717) is 5.41 Å². The average Bonchev–Trinajstić information content (AvgIpc) is 2.90. The predicted octanol–water partition coefficient (Wildman–Crippen LogP) is 2.71. The number of hydrogen-bond donors (Lipinski definition) is 1. The molecule has 0 amide bonds. The fourth-order valence-corrected chi connectivity index (χ4v) is 3.03. The highest BCUT2D eigenvalue weighted by Gasteiger charge is 2.55. The van der Waals surface area contributed by atoms with E-state index in [9.17, 15) is 0 Å². The van der Waals surface area contributed by atoms with Crippen LogP contribution in [-0.2, 0) is 0 Å². The SMILES string of the molecule is CC1(CNC2CC23CCCC3)CC1. The van der Waals surface area contributed by atoms with Gasteiger partial charge in [0, 0.05) is 12.6 Å². The molecule has 74 valence electrons. The molecule has 1 heteroatoms. The summed E-state index contributed by atoms with van der Waals surface area (Å²) in [5, 5.41) is 3.79. The third-order valence-electron chi connectivity index (χ3n) is 4.67. The molecule has 0 heterocycles. The second-order valence-electron chi connectivity index (χ2n) is 6.02. The second kappa shape index (κ2) is 2.50. The van der Waals surface area contributed by atoms with E-state index in [-0.39, 0.29) is 0 Å². The van der Waals surface area contributed by atoms with Crippen molar-refractivity contribution in [2.45, 2.75) is 57.9 Å². The minimum absolute atomic E-state index is 0.697. The molecule has 1 N–H and O–H groups in total. The maximum atomic E-state index is 3.79. The number of hydrogen-bond acceptors (Lipinski definition) is 1. The molecule has 1 nitrogen and oxygen atoms in total. The van der Waals surface area contributed by atoms with Gasteiger partial charge in [0.1, 0.15) is 0 Å². The van der Waals surface area contributed by atoms with Crippen LogP contribution in [-0.4, -0.2) is 12.6 Å². The van der Waals surface area contributed by atoms with Crippen molar-refractivity contribution in [1.82, 2.24) is 5.32 Å². The van der Waals surface area contributed by atoms with Crippen molar-refractivity contribution in [3.63, 3.8) is 0 Å². The predicted molar refractivity (Wildman–Crippen MR) is 54.6 cm³/mol. The molecule has 1 atom stereocenters. The average molecular weight is 179 g/mol.